The maximum absolute atomic E-state index is 8.83. The molecule has 0 aliphatic heterocycles. The third-order valence-corrected chi connectivity index (χ3v) is 3.77. The number of hydrogen-bond donors (Lipinski definition) is 4. The summed E-state index contributed by atoms with van der Waals surface area (Å²) in [6.07, 6.45) is 0. The molecule has 0 bridgehead atoms. The Morgan fingerprint density at radius 1 is 0.892 bits per heavy atom. The van der Waals surface area contributed by atoms with E-state index in [-0.39, 0.29) is 64.5 Å². The van der Waals surface area contributed by atoms with Crippen LogP contribution in [-0.4, -0.2) is 98.4 Å². The molecule has 2 aromatic carbocycles. The van der Waals surface area contributed by atoms with Gasteiger partial charge in [0.05, 0.1) is 33.4 Å². The summed E-state index contributed by atoms with van der Waals surface area (Å²) in [7, 11) is -3.11. The zero-order valence-electron chi connectivity index (χ0n) is 19.1. The van der Waals surface area contributed by atoms with Crippen molar-refractivity contribution >= 4 is 90.2 Å². The maximum Gasteiger partial charge on any atom is 2.00 e. The van der Waals surface area contributed by atoms with Gasteiger partial charge in [0, 0.05) is 8.41 Å². The van der Waals surface area contributed by atoms with Crippen LogP contribution in [0.5, 0.6) is 0 Å². The number of aromatic amines is 2. The van der Waals surface area contributed by atoms with Crippen molar-refractivity contribution in [1.82, 2.24) is 19.9 Å². The molecule has 15 nitrogen and oxygen atoms in total. The van der Waals surface area contributed by atoms with E-state index in [1.54, 1.807) is 0 Å². The quantitative estimate of drug-likeness (QED) is 0.0840. The predicted octanol–water partition coefficient (Wildman–Crippen LogP) is -2.49. The van der Waals surface area contributed by atoms with E-state index >= 15 is 0 Å². The normalized spacial score (nSPS) is 9.32. The first-order valence-corrected chi connectivity index (χ1v) is 10.8. The van der Waals surface area contributed by atoms with E-state index in [1.165, 1.54) is 5.56 Å². The first-order valence-electron chi connectivity index (χ1n) is 8.83. The number of para-hydroxylation sites is 2. The molecule has 37 heavy (non-hydrogen) atoms. The molecule has 10 N–H and O–H groups in total. The molecule has 0 saturated carbocycles. The third-order valence-electron chi connectivity index (χ3n) is 3.65. The van der Waals surface area contributed by atoms with Crippen LogP contribution in [0, 0.1) is 6.92 Å². The predicted molar refractivity (Wildman–Crippen MR) is 132 cm³/mol. The number of imidazole rings is 2. The first-order chi connectivity index (χ1) is 15.2. The van der Waals surface area contributed by atoms with Gasteiger partial charge < -0.3 is 46.5 Å². The largest absolute Gasteiger partial charge is 2.00 e. The van der Waals surface area contributed by atoms with E-state index in [9.17, 15) is 0 Å². The molecule has 0 fully saturated rings. The van der Waals surface area contributed by atoms with Gasteiger partial charge in [-0.05, 0) is 36.8 Å². The number of hydrogen-bond acceptors (Lipinski definition) is 11. The van der Waals surface area contributed by atoms with Crippen LogP contribution in [0.25, 0.3) is 22.1 Å². The Kier molecular flexibility index (Phi) is 29.9. The van der Waals surface area contributed by atoms with E-state index in [1.807, 2.05) is 30.3 Å². The Morgan fingerprint density at radius 2 is 1.30 bits per heavy atom. The van der Waals surface area contributed by atoms with Crippen LogP contribution < -0.4 is 16.7 Å². The van der Waals surface area contributed by atoms with Crippen molar-refractivity contribution in [2.45, 2.75) is 27.4 Å². The molecule has 0 spiro atoms. The molecule has 2 heterocycles. The van der Waals surface area contributed by atoms with Crippen LogP contribution in [0.3, 0.4) is 0 Å². The summed E-state index contributed by atoms with van der Waals surface area (Å²) < 4.78 is 45.4. The SMILES string of the molecule is C.Cc1ccc2nc(C[NH3+])[nH]c2c1.O=S(=O)=O.O=S([O-])O[O-].[B].[Ca+2].[NH3+]Cc1nc2ccccc2[nH]1.[OH-].[OH-]. The molecule has 1 unspecified atom stereocenters. The van der Waals surface area contributed by atoms with Gasteiger partial charge in [-0.25, -0.2) is 14.2 Å². The Hall–Kier alpha value is -1.81. The van der Waals surface area contributed by atoms with Crippen molar-refractivity contribution in [3.05, 3.63) is 59.7 Å². The molecular formula is C18H28BCaN6O9S2. The monoisotopic (exact) mass is 587 g/mol. The van der Waals surface area contributed by atoms with Gasteiger partial charge in [0.2, 0.25) is 0 Å². The number of nitrogens with zero attached hydrogens (tertiary/aromatic N) is 2. The first kappa shape index (κ1) is 45.1. The van der Waals surface area contributed by atoms with Crippen molar-refractivity contribution in [3.63, 3.8) is 0 Å². The molecule has 0 aliphatic rings. The number of rotatable bonds is 3. The third kappa shape index (κ3) is 18.1. The number of benzene rings is 2. The molecule has 1 atom stereocenters. The summed E-state index contributed by atoms with van der Waals surface area (Å²) in [4.78, 5) is 15.1. The van der Waals surface area contributed by atoms with Crippen LogP contribution in [0.4, 0.5) is 0 Å². The fourth-order valence-corrected chi connectivity index (χ4v) is 2.42. The van der Waals surface area contributed by atoms with E-state index in [0.717, 1.165) is 33.7 Å². The second-order valence-electron chi connectivity index (χ2n) is 5.88. The molecule has 0 amide bonds. The fourth-order valence-electron chi connectivity index (χ4n) is 2.42. The van der Waals surface area contributed by atoms with Crippen molar-refractivity contribution in [3.8, 4) is 0 Å². The average Bonchev–Trinajstić information content (AvgIpc) is 3.37. The Balaban J connectivity index is -0.000000128. The molecule has 0 saturated heterocycles. The second-order valence-corrected chi connectivity index (χ2v) is 6.83. The second kappa shape index (κ2) is 24.5. The van der Waals surface area contributed by atoms with Gasteiger partial charge in [-0.2, -0.15) is 0 Å². The van der Waals surface area contributed by atoms with Gasteiger partial charge in [0.1, 0.15) is 13.1 Å². The van der Waals surface area contributed by atoms with Crippen LogP contribution in [0.15, 0.2) is 42.5 Å². The number of quaternary nitrogens is 2. The summed E-state index contributed by atoms with van der Waals surface area (Å²) in [5.41, 5.74) is 13.0. The summed E-state index contributed by atoms with van der Waals surface area (Å²) >= 11 is -2.88. The van der Waals surface area contributed by atoms with Gasteiger partial charge in [-0.3, -0.25) is 0 Å². The molecular weight excluding hydrogens is 559 g/mol. The minimum absolute atomic E-state index is 0. The number of aromatic nitrogens is 4. The van der Waals surface area contributed by atoms with E-state index < -0.39 is 22.0 Å². The minimum Gasteiger partial charge on any atom is -0.870 e. The van der Waals surface area contributed by atoms with Gasteiger partial charge >= 0.3 is 48.3 Å². The smallest absolute Gasteiger partial charge is 0.870 e. The van der Waals surface area contributed by atoms with Crippen LogP contribution >= 0.6 is 0 Å². The van der Waals surface area contributed by atoms with Crippen molar-refractivity contribution < 1.29 is 53.4 Å². The Bertz CT molecular complexity index is 1240. The number of nitrogens with one attached hydrogen (secondary N) is 2. The van der Waals surface area contributed by atoms with Crippen LogP contribution in [-0.2, 0) is 39.4 Å². The maximum atomic E-state index is 8.83. The van der Waals surface area contributed by atoms with E-state index in [2.05, 4.69) is 54.8 Å². The molecule has 2 aromatic heterocycles. The molecule has 0 aliphatic carbocycles. The Labute approximate surface area is 249 Å². The summed E-state index contributed by atoms with van der Waals surface area (Å²) in [5.74, 6) is 1.90. The van der Waals surface area contributed by atoms with Gasteiger partial charge in [-0.15, -0.1) is 12.6 Å². The van der Waals surface area contributed by atoms with Crippen LogP contribution in [0.2, 0.25) is 0 Å². The average molecular weight is 587 g/mol. The summed E-state index contributed by atoms with van der Waals surface area (Å²) in [6, 6.07) is 14.2. The van der Waals surface area contributed by atoms with Crippen molar-refractivity contribution in [2.75, 3.05) is 0 Å². The molecule has 4 rings (SSSR count). The zero-order chi connectivity index (χ0) is 24.1. The summed E-state index contributed by atoms with van der Waals surface area (Å²) in [6.45, 7) is 3.51. The Morgan fingerprint density at radius 3 is 1.70 bits per heavy atom. The molecule has 4 aromatic rings. The van der Waals surface area contributed by atoms with Gasteiger partial charge in [0.15, 0.2) is 11.6 Å². The van der Waals surface area contributed by atoms with Gasteiger partial charge in [0.25, 0.3) is 0 Å². The van der Waals surface area contributed by atoms with Gasteiger partial charge in [-0.1, -0.05) is 25.6 Å². The topological polar surface area (TPSA) is 296 Å². The van der Waals surface area contributed by atoms with Crippen molar-refractivity contribution in [2.24, 2.45) is 0 Å². The molecule has 19 heteroatoms. The molecule has 201 valence electrons. The van der Waals surface area contributed by atoms with E-state index in [4.69, 9.17) is 26.6 Å². The number of aryl methyl sites for hydroxylation is 1. The van der Waals surface area contributed by atoms with E-state index in [0.29, 0.717) is 13.1 Å². The number of fused-ring (bicyclic) bond motifs is 2. The summed E-state index contributed by atoms with van der Waals surface area (Å²) in [5, 5.41) is 8.52. The fraction of sp³-hybridized carbons (Fsp3) is 0.222. The molecule has 3 radical (unpaired) electrons. The van der Waals surface area contributed by atoms with Crippen molar-refractivity contribution in [1.29, 1.82) is 0 Å². The number of H-pyrrole nitrogens is 2. The minimum atomic E-state index is -3.11. The standard InChI is InChI=1S/C9H11N3.C8H9N3.CH4.B.Ca.H2O4S.O3S.2H2O/c1-6-2-3-7-8(4-6)12-9(5-10)11-7;9-5-8-10-6-3-1-2-4-7(6)11-8;;;;1-4-5(2)3;1-4(2)3;;/h2-4H,5,10H2,1H3,(H,11,12);1-4H,5,9H2,(H,10,11);1H4;;;1H,(H,2,3);;2*1H2/q;;;;+2;;;;/p-2. The zero-order valence-corrected chi connectivity index (χ0v) is 23.0. The van der Waals surface area contributed by atoms with Crippen LogP contribution in [0.1, 0.15) is 24.6 Å².